The fraction of sp³-hybridized carbons (Fsp3) is 0.481. The minimum Gasteiger partial charge on any atom is -0.492 e. The lowest BCUT2D eigenvalue weighted by atomic mass is 10.1. The number of aliphatic carboxylic acids is 1. The van der Waals surface area contributed by atoms with Gasteiger partial charge in [-0.05, 0) is 49.6 Å². The van der Waals surface area contributed by atoms with Crippen LogP contribution in [0.1, 0.15) is 44.6 Å². The van der Waals surface area contributed by atoms with Crippen molar-refractivity contribution in [1.82, 2.24) is 4.90 Å². The summed E-state index contributed by atoms with van der Waals surface area (Å²) in [4.78, 5) is 36.0. The summed E-state index contributed by atoms with van der Waals surface area (Å²) in [5.41, 5.74) is 0.987. The molecule has 0 radical (unpaired) electrons. The molecule has 0 aliphatic carbocycles. The molecule has 220 valence electrons. The zero-order valence-corrected chi connectivity index (χ0v) is 22.2. The van der Waals surface area contributed by atoms with Crippen LogP contribution in [0.15, 0.2) is 48.5 Å². The first kappa shape index (κ1) is 32.3. The van der Waals surface area contributed by atoms with E-state index in [1.54, 1.807) is 31.2 Å². The molecule has 0 saturated carbocycles. The molecule has 0 spiro atoms. The molecule has 2 rings (SSSR count). The van der Waals surface area contributed by atoms with E-state index >= 15 is 0 Å². The molecule has 0 fully saturated rings. The van der Waals surface area contributed by atoms with Crippen molar-refractivity contribution in [2.24, 2.45) is 0 Å². The van der Waals surface area contributed by atoms with Crippen LogP contribution in [-0.2, 0) is 16.0 Å². The van der Waals surface area contributed by atoms with Crippen LogP contribution >= 0.6 is 0 Å². The molecule has 40 heavy (non-hydrogen) atoms. The fourth-order valence-electron chi connectivity index (χ4n) is 3.79. The molecule has 0 aromatic heterocycles. The Bertz CT molecular complexity index is 1080. The van der Waals surface area contributed by atoms with Crippen LogP contribution in [-0.4, -0.2) is 65.5 Å². The third kappa shape index (κ3) is 12.3. The van der Waals surface area contributed by atoms with Crippen molar-refractivity contribution in [3.8, 4) is 5.75 Å². The number of amides is 2. The normalized spacial score (nSPS) is 12.0. The number of halogens is 3. The number of carboxylic acids is 1. The number of nitrogens with one attached hydrogen (secondary N) is 1. The number of carbonyl (C=O) groups excluding carboxylic acids is 1. The second-order valence-electron chi connectivity index (χ2n) is 8.98. The molecule has 10 nitrogen and oxygen atoms in total. The number of ether oxygens (including phenoxy) is 2. The Balaban J connectivity index is 1.93. The number of non-ortho nitro benzene ring substituents is 1. The SMILES string of the molecule is CCOC(Cc1ccc(OCCN(CCCCCCC(F)(F)F)C(=O)Nc2ccc([N+](=O)[O-])cc2)cc1)C(=O)O. The van der Waals surface area contributed by atoms with Crippen molar-refractivity contribution >= 4 is 23.4 Å². The second-order valence-corrected chi connectivity index (χ2v) is 8.98. The van der Waals surface area contributed by atoms with Gasteiger partial charge in [0, 0.05) is 43.8 Å². The number of unbranched alkanes of at least 4 members (excludes halogenated alkanes) is 3. The Morgan fingerprint density at radius 1 is 1.02 bits per heavy atom. The number of rotatable bonds is 17. The quantitative estimate of drug-likeness (QED) is 0.135. The van der Waals surface area contributed by atoms with Crippen molar-refractivity contribution in [1.29, 1.82) is 0 Å². The van der Waals surface area contributed by atoms with Crippen LogP contribution in [0, 0.1) is 10.1 Å². The third-order valence-corrected chi connectivity index (χ3v) is 5.87. The second kappa shape index (κ2) is 16.3. The van der Waals surface area contributed by atoms with Crippen molar-refractivity contribution < 1.29 is 42.3 Å². The van der Waals surface area contributed by atoms with Crippen molar-refractivity contribution in [3.05, 3.63) is 64.2 Å². The van der Waals surface area contributed by atoms with E-state index in [4.69, 9.17) is 9.47 Å². The van der Waals surface area contributed by atoms with Gasteiger partial charge in [-0.15, -0.1) is 0 Å². The number of alkyl halides is 3. The van der Waals surface area contributed by atoms with Crippen LogP contribution in [0.4, 0.5) is 29.3 Å². The summed E-state index contributed by atoms with van der Waals surface area (Å²) in [5.74, 6) is -0.537. The van der Waals surface area contributed by atoms with E-state index in [0.29, 0.717) is 30.7 Å². The number of carbonyl (C=O) groups is 2. The van der Waals surface area contributed by atoms with Crippen LogP contribution in [0.25, 0.3) is 0 Å². The van der Waals surface area contributed by atoms with Gasteiger partial charge in [0.2, 0.25) is 0 Å². The Morgan fingerprint density at radius 3 is 2.25 bits per heavy atom. The lowest BCUT2D eigenvalue weighted by Crippen LogP contribution is -2.38. The van der Waals surface area contributed by atoms with Crippen LogP contribution in [0.3, 0.4) is 0 Å². The predicted molar refractivity (Wildman–Crippen MR) is 142 cm³/mol. The molecule has 2 aromatic carbocycles. The van der Waals surface area contributed by atoms with Gasteiger partial charge in [-0.3, -0.25) is 10.1 Å². The van der Waals surface area contributed by atoms with Crippen LogP contribution in [0.2, 0.25) is 0 Å². The molecule has 2 amide bonds. The van der Waals surface area contributed by atoms with Gasteiger partial charge in [0.15, 0.2) is 6.10 Å². The molecule has 0 bridgehead atoms. The Labute approximate surface area is 230 Å². The summed E-state index contributed by atoms with van der Waals surface area (Å²) >= 11 is 0. The van der Waals surface area contributed by atoms with Gasteiger partial charge in [0.1, 0.15) is 12.4 Å². The number of hydrogen-bond donors (Lipinski definition) is 2. The monoisotopic (exact) mass is 569 g/mol. The van der Waals surface area contributed by atoms with Gasteiger partial charge in [-0.2, -0.15) is 13.2 Å². The van der Waals surface area contributed by atoms with Gasteiger partial charge in [-0.25, -0.2) is 9.59 Å². The van der Waals surface area contributed by atoms with Gasteiger partial charge >= 0.3 is 18.2 Å². The summed E-state index contributed by atoms with van der Waals surface area (Å²) in [6.07, 6.45) is -4.37. The maximum Gasteiger partial charge on any atom is 0.389 e. The van der Waals surface area contributed by atoms with E-state index in [1.165, 1.54) is 29.2 Å². The summed E-state index contributed by atoms with van der Waals surface area (Å²) in [6, 6.07) is 11.7. The lowest BCUT2D eigenvalue weighted by molar-refractivity contribution is -0.384. The number of benzene rings is 2. The molecule has 13 heteroatoms. The molecule has 1 atom stereocenters. The highest BCUT2D eigenvalue weighted by molar-refractivity contribution is 5.89. The number of hydrogen-bond acceptors (Lipinski definition) is 6. The molecule has 0 heterocycles. The number of anilines is 1. The average Bonchev–Trinajstić information content (AvgIpc) is 2.89. The Morgan fingerprint density at radius 2 is 1.68 bits per heavy atom. The van der Waals surface area contributed by atoms with E-state index in [1.807, 2.05) is 0 Å². The summed E-state index contributed by atoms with van der Waals surface area (Å²) < 4.78 is 48.0. The fourth-order valence-corrected chi connectivity index (χ4v) is 3.79. The van der Waals surface area contributed by atoms with Crippen molar-refractivity contribution in [3.63, 3.8) is 0 Å². The van der Waals surface area contributed by atoms with Gasteiger partial charge < -0.3 is 24.8 Å². The van der Waals surface area contributed by atoms with Gasteiger partial charge in [0.05, 0.1) is 11.5 Å². The average molecular weight is 570 g/mol. The number of carboxylic acid groups (broad SMARTS) is 1. The summed E-state index contributed by atoms with van der Waals surface area (Å²) in [7, 11) is 0. The first-order valence-corrected chi connectivity index (χ1v) is 12.9. The summed E-state index contributed by atoms with van der Waals surface area (Å²) in [6.45, 7) is 2.57. The molecule has 0 aliphatic heterocycles. The van der Waals surface area contributed by atoms with E-state index in [2.05, 4.69) is 5.32 Å². The summed E-state index contributed by atoms with van der Waals surface area (Å²) in [5, 5.41) is 22.8. The number of nitro groups is 1. The smallest absolute Gasteiger partial charge is 0.389 e. The molecule has 2 aromatic rings. The minimum absolute atomic E-state index is 0.0232. The topological polar surface area (TPSA) is 131 Å². The number of nitrogens with zero attached hydrogens (tertiary/aromatic N) is 2. The molecule has 0 saturated heterocycles. The van der Waals surface area contributed by atoms with E-state index in [0.717, 1.165) is 5.56 Å². The van der Waals surface area contributed by atoms with E-state index in [9.17, 15) is 38.0 Å². The first-order valence-electron chi connectivity index (χ1n) is 12.9. The van der Waals surface area contributed by atoms with Crippen LogP contribution < -0.4 is 10.1 Å². The highest BCUT2D eigenvalue weighted by atomic mass is 19.4. The maximum absolute atomic E-state index is 12.9. The lowest BCUT2D eigenvalue weighted by Gasteiger charge is -2.23. The molecule has 0 aliphatic rings. The van der Waals surface area contributed by atoms with Crippen molar-refractivity contribution in [2.45, 2.75) is 57.7 Å². The maximum atomic E-state index is 12.9. The standard InChI is InChI=1S/C27H34F3N3O7/c1-2-39-24(25(34)35)19-20-7-13-23(14-8-20)40-18-17-32(16-6-4-3-5-15-27(28,29)30)26(36)31-21-9-11-22(12-10-21)33(37)38/h7-14,24H,2-6,15-19H2,1H3,(H,31,36)(H,34,35). The molecule has 1 unspecified atom stereocenters. The Kier molecular flexibility index (Phi) is 13.2. The third-order valence-electron chi connectivity index (χ3n) is 5.87. The Hall–Kier alpha value is -3.87. The van der Waals surface area contributed by atoms with Gasteiger partial charge in [0.25, 0.3) is 5.69 Å². The van der Waals surface area contributed by atoms with Gasteiger partial charge in [-0.1, -0.05) is 25.0 Å². The molecular weight excluding hydrogens is 535 g/mol. The van der Waals surface area contributed by atoms with E-state index < -0.39 is 35.6 Å². The highest BCUT2D eigenvalue weighted by Gasteiger charge is 2.25. The largest absolute Gasteiger partial charge is 0.492 e. The zero-order valence-electron chi connectivity index (χ0n) is 22.2. The van der Waals surface area contributed by atoms with Crippen molar-refractivity contribution in [2.75, 3.05) is 31.6 Å². The van der Waals surface area contributed by atoms with E-state index in [-0.39, 0.29) is 44.8 Å². The zero-order chi connectivity index (χ0) is 29.5. The number of nitro benzene ring substituents is 1. The highest BCUT2D eigenvalue weighted by Crippen LogP contribution is 2.23. The predicted octanol–water partition coefficient (Wildman–Crippen LogP) is 6.05. The molecular formula is C27H34F3N3O7. The van der Waals surface area contributed by atoms with Crippen LogP contribution in [0.5, 0.6) is 5.75 Å². The number of urea groups is 1. The first-order chi connectivity index (χ1) is 19.0. The molecule has 2 N–H and O–H groups in total. The minimum atomic E-state index is -4.19.